The lowest BCUT2D eigenvalue weighted by atomic mass is 9.91. The third-order valence-electron chi connectivity index (χ3n) is 3.00. The van der Waals surface area contributed by atoms with Crippen LogP contribution in [0.25, 0.3) is 5.57 Å². The van der Waals surface area contributed by atoms with E-state index in [1.807, 2.05) is 12.1 Å². The van der Waals surface area contributed by atoms with E-state index in [2.05, 4.69) is 31.2 Å². The van der Waals surface area contributed by atoms with Gasteiger partial charge in [-0.2, -0.15) is 0 Å². The minimum Gasteiger partial charge on any atom is -0.298 e. The fourth-order valence-corrected chi connectivity index (χ4v) is 2.19. The number of allylic oxidation sites excluding steroid dienone is 4. The van der Waals surface area contributed by atoms with Crippen LogP contribution >= 0.6 is 0 Å². The zero-order chi connectivity index (χ0) is 11.4. The van der Waals surface area contributed by atoms with Gasteiger partial charge in [0.25, 0.3) is 0 Å². The van der Waals surface area contributed by atoms with Crippen molar-refractivity contribution in [2.45, 2.75) is 26.2 Å². The first kappa shape index (κ1) is 10.9. The molecule has 0 bridgehead atoms. The molecule has 0 saturated heterocycles. The van der Waals surface area contributed by atoms with Crippen molar-refractivity contribution in [3.05, 3.63) is 53.1 Å². The highest BCUT2D eigenvalue weighted by atomic mass is 16.1. The molecule has 1 aliphatic carbocycles. The average molecular weight is 212 g/mol. The molecule has 0 radical (unpaired) electrons. The summed E-state index contributed by atoms with van der Waals surface area (Å²) in [6.07, 6.45) is 10.7. The van der Waals surface area contributed by atoms with Gasteiger partial charge in [-0.15, -0.1) is 0 Å². The highest BCUT2D eigenvalue weighted by Crippen LogP contribution is 2.26. The zero-order valence-electron chi connectivity index (χ0n) is 9.57. The number of carbonyl (C=O) groups excluding carboxylic acids is 1. The lowest BCUT2D eigenvalue weighted by molar-refractivity contribution is 0.112. The van der Waals surface area contributed by atoms with Crippen molar-refractivity contribution in [2.75, 3.05) is 0 Å². The first-order chi connectivity index (χ1) is 7.86. The molecule has 82 valence electrons. The van der Waals surface area contributed by atoms with E-state index in [1.54, 1.807) is 0 Å². The summed E-state index contributed by atoms with van der Waals surface area (Å²) in [5.41, 5.74) is 4.45. The monoisotopic (exact) mass is 212 g/mol. The number of hydrogen-bond donors (Lipinski definition) is 0. The van der Waals surface area contributed by atoms with Gasteiger partial charge in [-0.3, -0.25) is 4.79 Å². The van der Waals surface area contributed by atoms with Crippen LogP contribution in [0.15, 0.2) is 36.4 Å². The largest absolute Gasteiger partial charge is 0.298 e. The van der Waals surface area contributed by atoms with Gasteiger partial charge in [-0.05, 0) is 36.0 Å². The molecule has 0 heterocycles. The van der Waals surface area contributed by atoms with Crippen molar-refractivity contribution in [1.29, 1.82) is 0 Å². The van der Waals surface area contributed by atoms with E-state index in [0.29, 0.717) is 0 Å². The summed E-state index contributed by atoms with van der Waals surface area (Å²) >= 11 is 0. The molecule has 0 fully saturated rings. The van der Waals surface area contributed by atoms with Gasteiger partial charge < -0.3 is 0 Å². The van der Waals surface area contributed by atoms with Gasteiger partial charge in [0.05, 0.1) is 0 Å². The number of carbonyl (C=O) groups is 1. The molecule has 1 nitrogen and oxygen atoms in total. The number of hydrogen-bond acceptors (Lipinski definition) is 1. The summed E-state index contributed by atoms with van der Waals surface area (Å²) in [4.78, 5) is 11.0. The van der Waals surface area contributed by atoms with E-state index >= 15 is 0 Å². The molecule has 0 atom stereocenters. The van der Waals surface area contributed by atoms with Gasteiger partial charge in [0.2, 0.25) is 0 Å². The maximum atomic E-state index is 11.0. The molecule has 0 N–H and O–H groups in total. The standard InChI is InChI=1S/C15H16O/c1-2-14-13(11-16)9-6-10-15(14)12-7-4-3-5-8-12/h4,6-11H,2-3,5H2,1H3. The highest BCUT2D eigenvalue weighted by Gasteiger charge is 2.09. The Morgan fingerprint density at radius 1 is 1.31 bits per heavy atom. The van der Waals surface area contributed by atoms with Gasteiger partial charge in [0.1, 0.15) is 6.29 Å². The molecule has 16 heavy (non-hydrogen) atoms. The Labute approximate surface area is 96.5 Å². The van der Waals surface area contributed by atoms with Crippen LogP contribution in [0, 0.1) is 0 Å². The Balaban J connectivity index is 2.51. The molecule has 0 unspecified atom stereocenters. The van der Waals surface area contributed by atoms with E-state index < -0.39 is 0 Å². The smallest absolute Gasteiger partial charge is 0.150 e. The van der Waals surface area contributed by atoms with Crippen LogP contribution < -0.4 is 0 Å². The molecule has 1 aliphatic rings. The molecule has 1 heteroatoms. The number of benzene rings is 1. The molecule has 0 aliphatic heterocycles. The molecular formula is C15H16O. The molecule has 1 aromatic carbocycles. The van der Waals surface area contributed by atoms with Crippen molar-refractivity contribution in [3.8, 4) is 0 Å². The van der Waals surface area contributed by atoms with Crippen molar-refractivity contribution >= 4 is 11.9 Å². The summed E-state index contributed by atoms with van der Waals surface area (Å²) in [6, 6.07) is 5.96. The topological polar surface area (TPSA) is 17.1 Å². The van der Waals surface area contributed by atoms with Gasteiger partial charge >= 0.3 is 0 Å². The summed E-state index contributed by atoms with van der Waals surface area (Å²) in [6.45, 7) is 2.10. The van der Waals surface area contributed by atoms with Gasteiger partial charge in [-0.1, -0.05) is 43.4 Å². The summed E-state index contributed by atoms with van der Waals surface area (Å²) < 4.78 is 0. The molecule has 0 saturated carbocycles. The SMILES string of the molecule is CCc1c(C=O)cccc1C1=CCCC=C1. The second-order valence-electron chi connectivity index (χ2n) is 3.98. The quantitative estimate of drug-likeness (QED) is 0.696. The zero-order valence-corrected chi connectivity index (χ0v) is 9.57. The molecule has 1 aromatic rings. The van der Waals surface area contributed by atoms with Crippen LogP contribution in [0.3, 0.4) is 0 Å². The van der Waals surface area contributed by atoms with Crippen molar-refractivity contribution < 1.29 is 4.79 Å². The molecule has 0 aromatic heterocycles. The van der Waals surface area contributed by atoms with Crippen LogP contribution in [0.4, 0.5) is 0 Å². The predicted octanol–water partition coefficient (Wildman–Crippen LogP) is 3.79. The normalized spacial score (nSPS) is 14.7. The van der Waals surface area contributed by atoms with E-state index in [0.717, 1.165) is 36.7 Å². The summed E-state index contributed by atoms with van der Waals surface area (Å²) in [5, 5.41) is 0. The van der Waals surface area contributed by atoms with Crippen LogP contribution in [0.5, 0.6) is 0 Å². The fraction of sp³-hybridized carbons (Fsp3) is 0.267. The Morgan fingerprint density at radius 3 is 2.81 bits per heavy atom. The van der Waals surface area contributed by atoms with E-state index in [9.17, 15) is 4.79 Å². The molecule has 0 amide bonds. The van der Waals surface area contributed by atoms with Crippen molar-refractivity contribution in [3.63, 3.8) is 0 Å². The Kier molecular flexibility index (Phi) is 3.35. The maximum Gasteiger partial charge on any atom is 0.150 e. The Morgan fingerprint density at radius 2 is 2.19 bits per heavy atom. The Hall–Kier alpha value is -1.63. The molecule has 0 spiro atoms. The molecule has 2 rings (SSSR count). The summed E-state index contributed by atoms with van der Waals surface area (Å²) in [5.74, 6) is 0. The van der Waals surface area contributed by atoms with E-state index in [4.69, 9.17) is 0 Å². The van der Waals surface area contributed by atoms with Crippen LogP contribution in [0.2, 0.25) is 0 Å². The Bertz CT molecular complexity index is 453. The van der Waals surface area contributed by atoms with Crippen molar-refractivity contribution in [2.24, 2.45) is 0 Å². The van der Waals surface area contributed by atoms with Gasteiger partial charge in [0.15, 0.2) is 0 Å². The van der Waals surface area contributed by atoms with Crippen LogP contribution in [0.1, 0.15) is 41.3 Å². The lowest BCUT2D eigenvalue weighted by Gasteiger charge is -2.13. The second-order valence-corrected chi connectivity index (χ2v) is 3.98. The van der Waals surface area contributed by atoms with Gasteiger partial charge in [-0.25, -0.2) is 0 Å². The number of aldehydes is 1. The van der Waals surface area contributed by atoms with Crippen LogP contribution in [-0.4, -0.2) is 6.29 Å². The van der Waals surface area contributed by atoms with Gasteiger partial charge in [0, 0.05) is 5.56 Å². The fourth-order valence-electron chi connectivity index (χ4n) is 2.19. The first-order valence-corrected chi connectivity index (χ1v) is 5.81. The van der Waals surface area contributed by atoms with Crippen LogP contribution in [-0.2, 0) is 6.42 Å². The maximum absolute atomic E-state index is 11.0. The average Bonchev–Trinajstić information content (AvgIpc) is 2.38. The second kappa shape index (κ2) is 4.93. The molecular weight excluding hydrogens is 196 g/mol. The first-order valence-electron chi connectivity index (χ1n) is 5.81. The third kappa shape index (κ3) is 1.99. The van der Waals surface area contributed by atoms with E-state index in [1.165, 1.54) is 11.1 Å². The summed E-state index contributed by atoms with van der Waals surface area (Å²) in [7, 11) is 0. The predicted molar refractivity (Wildman–Crippen MR) is 67.6 cm³/mol. The van der Waals surface area contributed by atoms with Crippen molar-refractivity contribution in [1.82, 2.24) is 0 Å². The third-order valence-corrected chi connectivity index (χ3v) is 3.00. The highest BCUT2D eigenvalue weighted by molar-refractivity contribution is 5.84. The minimum atomic E-state index is 0.819. The van der Waals surface area contributed by atoms with E-state index in [-0.39, 0.29) is 0 Å². The number of rotatable bonds is 3. The minimum absolute atomic E-state index is 0.819. The lowest BCUT2D eigenvalue weighted by Crippen LogP contribution is -1.98.